The summed E-state index contributed by atoms with van der Waals surface area (Å²) in [5.41, 5.74) is 0.545. The fourth-order valence-electron chi connectivity index (χ4n) is 1.49. The summed E-state index contributed by atoms with van der Waals surface area (Å²) in [5.74, 6) is 1.14. The molecule has 1 N–H and O–H groups in total. The minimum atomic E-state index is -2.53. The highest BCUT2D eigenvalue weighted by Gasteiger charge is 2.17. The topological polar surface area (TPSA) is 47.9 Å². The number of aliphatic hydroxyl groups excluding tert-OH is 1. The van der Waals surface area contributed by atoms with Crippen molar-refractivity contribution in [2.45, 2.75) is 12.5 Å². The lowest BCUT2D eigenvalue weighted by atomic mass is 10.1. The maximum absolute atomic E-state index is 11.8. The molecule has 0 bridgehead atoms. The maximum Gasteiger partial charge on any atom is 0.261 e. The summed E-state index contributed by atoms with van der Waals surface area (Å²) in [7, 11) is 0. The third-order valence-corrected chi connectivity index (χ3v) is 2.30. The molecule has 1 aromatic carbocycles. The van der Waals surface area contributed by atoms with Gasteiger partial charge in [0, 0.05) is 0 Å². The third kappa shape index (κ3) is 3.04. The normalized spacial score (nSPS) is 15.3. The highest BCUT2D eigenvalue weighted by molar-refractivity contribution is 5.45. The van der Waals surface area contributed by atoms with Crippen molar-refractivity contribution < 1.29 is 28.1 Å². The molecule has 1 unspecified atom stereocenters. The van der Waals surface area contributed by atoms with E-state index in [1.54, 1.807) is 18.2 Å². The molecule has 0 aromatic heterocycles. The number of ether oxygens (including phenoxy) is 3. The van der Waals surface area contributed by atoms with Gasteiger partial charge in [0.15, 0.2) is 11.5 Å². The molecular weight excluding hydrogens is 234 g/mol. The van der Waals surface area contributed by atoms with Gasteiger partial charge < -0.3 is 19.3 Å². The van der Waals surface area contributed by atoms with E-state index in [4.69, 9.17) is 9.47 Å². The van der Waals surface area contributed by atoms with Crippen molar-refractivity contribution in [1.29, 1.82) is 0 Å². The van der Waals surface area contributed by atoms with Crippen LogP contribution >= 0.6 is 0 Å². The van der Waals surface area contributed by atoms with Gasteiger partial charge >= 0.3 is 0 Å². The first-order valence-electron chi connectivity index (χ1n) is 5.10. The zero-order valence-corrected chi connectivity index (χ0v) is 8.94. The molecule has 6 heteroatoms. The Hall–Kier alpha value is -1.40. The molecule has 0 spiro atoms. The number of alkyl halides is 2. The van der Waals surface area contributed by atoms with Crippen molar-refractivity contribution >= 4 is 0 Å². The number of rotatable bonds is 5. The molecule has 1 aliphatic heterocycles. The number of halogens is 2. The summed E-state index contributed by atoms with van der Waals surface area (Å²) in [4.78, 5) is 0. The molecular formula is C11H12F2O4. The number of hydrogen-bond donors (Lipinski definition) is 1. The van der Waals surface area contributed by atoms with Gasteiger partial charge in [-0.1, -0.05) is 6.07 Å². The molecule has 1 aromatic rings. The lowest BCUT2D eigenvalue weighted by molar-refractivity contribution is -0.0204. The smallest absolute Gasteiger partial charge is 0.261 e. The van der Waals surface area contributed by atoms with Gasteiger partial charge in [0.2, 0.25) is 6.79 Å². The van der Waals surface area contributed by atoms with Crippen LogP contribution in [0.25, 0.3) is 0 Å². The van der Waals surface area contributed by atoms with Crippen LogP contribution < -0.4 is 9.47 Å². The van der Waals surface area contributed by atoms with Crippen LogP contribution in [0, 0.1) is 0 Å². The van der Waals surface area contributed by atoms with E-state index in [1.807, 2.05) is 0 Å². The van der Waals surface area contributed by atoms with Crippen LogP contribution in [0.5, 0.6) is 11.5 Å². The molecule has 2 rings (SSSR count). The minimum Gasteiger partial charge on any atom is -0.454 e. The van der Waals surface area contributed by atoms with E-state index in [0.29, 0.717) is 17.1 Å². The Bertz CT molecular complexity index is 384. The van der Waals surface area contributed by atoms with Crippen molar-refractivity contribution in [1.82, 2.24) is 0 Å². The van der Waals surface area contributed by atoms with Crippen LogP contribution in [0.4, 0.5) is 8.78 Å². The molecule has 0 saturated heterocycles. The molecule has 1 heterocycles. The Balaban J connectivity index is 1.92. The molecule has 17 heavy (non-hydrogen) atoms. The lowest BCUT2D eigenvalue weighted by Crippen LogP contribution is -2.11. The zero-order valence-electron chi connectivity index (χ0n) is 8.94. The van der Waals surface area contributed by atoms with Crippen molar-refractivity contribution in [3.05, 3.63) is 23.8 Å². The van der Waals surface area contributed by atoms with Gasteiger partial charge in [-0.2, -0.15) is 0 Å². The SMILES string of the molecule is OC(COCC(F)F)c1ccc2c(c1)OCO2. The second kappa shape index (κ2) is 5.29. The number of fused-ring (bicyclic) bond motifs is 1. The molecule has 94 valence electrons. The fourth-order valence-corrected chi connectivity index (χ4v) is 1.49. The van der Waals surface area contributed by atoms with Gasteiger partial charge in [0.25, 0.3) is 6.43 Å². The van der Waals surface area contributed by atoms with Gasteiger partial charge in [0.1, 0.15) is 12.7 Å². The first-order valence-corrected chi connectivity index (χ1v) is 5.10. The molecule has 0 saturated carbocycles. The third-order valence-electron chi connectivity index (χ3n) is 2.30. The Morgan fingerprint density at radius 1 is 1.24 bits per heavy atom. The van der Waals surface area contributed by atoms with E-state index in [9.17, 15) is 13.9 Å². The quantitative estimate of drug-likeness (QED) is 0.859. The van der Waals surface area contributed by atoms with Gasteiger partial charge in [-0.3, -0.25) is 0 Å². The van der Waals surface area contributed by atoms with Crippen molar-refractivity contribution in [3.8, 4) is 11.5 Å². The highest BCUT2D eigenvalue weighted by Crippen LogP contribution is 2.34. The fraction of sp³-hybridized carbons (Fsp3) is 0.455. The van der Waals surface area contributed by atoms with Crippen molar-refractivity contribution in [2.24, 2.45) is 0 Å². The zero-order chi connectivity index (χ0) is 12.3. The van der Waals surface area contributed by atoms with Crippen LogP contribution in [-0.4, -0.2) is 31.5 Å². The van der Waals surface area contributed by atoms with E-state index in [-0.39, 0.29) is 13.4 Å². The standard InChI is InChI=1S/C11H12F2O4/c12-11(13)5-15-4-8(14)7-1-2-9-10(3-7)17-6-16-9/h1-3,8,11,14H,4-6H2. The minimum absolute atomic E-state index is 0.150. The molecule has 0 amide bonds. The summed E-state index contributed by atoms with van der Waals surface area (Å²) in [6, 6.07) is 4.91. The summed E-state index contributed by atoms with van der Waals surface area (Å²) in [5, 5.41) is 9.70. The predicted molar refractivity (Wildman–Crippen MR) is 54.3 cm³/mol. The van der Waals surface area contributed by atoms with E-state index >= 15 is 0 Å². The average Bonchev–Trinajstić information content (AvgIpc) is 2.75. The molecule has 0 aliphatic carbocycles. The van der Waals surface area contributed by atoms with Gasteiger partial charge in [-0.05, 0) is 17.7 Å². The second-order valence-corrected chi connectivity index (χ2v) is 3.56. The molecule has 1 aliphatic rings. The maximum atomic E-state index is 11.8. The molecule has 0 fully saturated rings. The Morgan fingerprint density at radius 2 is 2.00 bits per heavy atom. The van der Waals surface area contributed by atoms with Crippen LogP contribution in [0.2, 0.25) is 0 Å². The van der Waals surface area contributed by atoms with Gasteiger partial charge in [-0.15, -0.1) is 0 Å². The van der Waals surface area contributed by atoms with Crippen LogP contribution in [0.15, 0.2) is 18.2 Å². The number of benzene rings is 1. The van der Waals surface area contributed by atoms with Crippen molar-refractivity contribution in [3.63, 3.8) is 0 Å². The van der Waals surface area contributed by atoms with Crippen molar-refractivity contribution in [2.75, 3.05) is 20.0 Å². The monoisotopic (exact) mass is 246 g/mol. The highest BCUT2D eigenvalue weighted by atomic mass is 19.3. The lowest BCUT2D eigenvalue weighted by Gasteiger charge is -2.11. The van der Waals surface area contributed by atoms with E-state index < -0.39 is 19.1 Å². The first-order chi connectivity index (χ1) is 8.16. The van der Waals surface area contributed by atoms with Gasteiger partial charge in [-0.25, -0.2) is 8.78 Å². The van der Waals surface area contributed by atoms with Crippen LogP contribution in [-0.2, 0) is 4.74 Å². The number of aliphatic hydroxyl groups is 1. The van der Waals surface area contributed by atoms with E-state index in [0.717, 1.165) is 0 Å². The molecule has 4 nitrogen and oxygen atoms in total. The summed E-state index contributed by atoms with van der Waals surface area (Å²) in [6.45, 7) is -0.706. The Labute approximate surface area is 96.7 Å². The molecule has 1 atom stereocenters. The number of hydrogen-bond acceptors (Lipinski definition) is 4. The van der Waals surface area contributed by atoms with E-state index in [2.05, 4.69) is 4.74 Å². The largest absolute Gasteiger partial charge is 0.454 e. The summed E-state index contributed by atoms with van der Waals surface area (Å²) < 4.78 is 38.6. The average molecular weight is 246 g/mol. The summed E-state index contributed by atoms with van der Waals surface area (Å²) >= 11 is 0. The first kappa shape index (κ1) is 12.1. The summed E-state index contributed by atoms with van der Waals surface area (Å²) in [6.07, 6.45) is -3.48. The Kier molecular flexibility index (Phi) is 3.75. The van der Waals surface area contributed by atoms with E-state index in [1.165, 1.54) is 0 Å². The van der Waals surface area contributed by atoms with Gasteiger partial charge in [0.05, 0.1) is 6.61 Å². The predicted octanol–water partition coefficient (Wildman–Crippen LogP) is 1.73. The van der Waals surface area contributed by atoms with Crippen LogP contribution in [0.3, 0.4) is 0 Å². The molecule has 0 radical (unpaired) electrons. The Morgan fingerprint density at radius 3 is 2.76 bits per heavy atom. The van der Waals surface area contributed by atoms with Crippen LogP contribution in [0.1, 0.15) is 11.7 Å². The second-order valence-electron chi connectivity index (χ2n) is 3.56.